The van der Waals surface area contributed by atoms with Crippen molar-refractivity contribution in [3.8, 4) is 0 Å². The van der Waals surface area contributed by atoms with E-state index < -0.39 is 0 Å². The number of aryl methyl sites for hydroxylation is 2. The highest BCUT2D eigenvalue weighted by Gasteiger charge is 2.20. The molecule has 0 spiro atoms. The Hall–Kier alpha value is -1.38. The Morgan fingerprint density at radius 2 is 2.24 bits per heavy atom. The number of nitrogens with one attached hydrogen (secondary N) is 2. The zero-order valence-electron chi connectivity index (χ0n) is 13.9. The smallest absolute Gasteiger partial charge is 0.260 e. The van der Waals surface area contributed by atoms with E-state index >= 15 is 0 Å². The van der Waals surface area contributed by atoms with Gasteiger partial charge in [0.1, 0.15) is 4.83 Å². The van der Waals surface area contributed by atoms with Gasteiger partial charge >= 0.3 is 0 Å². The van der Waals surface area contributed by atoms with Crippen molar-refractivity contribution in [3.05, 3.63) is 20.8 Å². The summed E-state index contributed by atoms with van der Waals surface area (Å²) in [5, 5.41) is 4.16. The summed E-state index contributed by atoms with van der Waals surface area (Å²) >= 11 is 2.90. The third-order valence-electron chi connectivity index (χ3n) is 4.69. The molecule has 0 bridgehead atoms. The van der Waals surface area contributed by atoms with E-state index in [9.17, 15) is 9.59 Å². The van der Waals surface area contributed by atoms with Crippen molar-refractivity contribution in [2.24, 2.45) is 0 Å². The number of aromatic amines is 1. The lowest BCUT2D eigenvalue weighted by molar-refractivity contribution is -0.119. The second-order valence-corrected chi connectivity index (χ2v) is 8.54. The summed E-state index contributed by atoms with van der Waals surface area (Å²) in [5.41, 5.74) is 1.11. The molecule has 6 nitrogen and oxygen atoms in total. The first kappa shape index (κ1) is 17.1. The summed E-state index contributed by atoms with van der Waals surface area (Å²) in [6.07, 6.45) is 6.54. The number of amides is 1. The number of aromatic nitrogens is 2. The summed E-state index contributed by atoms with van der Waals surface area (Å²) < 4.78 is 5.49. The highest BCUT2D eigenvalue weighted by Crippen LogP contribution is 2.34. The Morgan fingerprint density at radius 3 is 3.08 bits per heavy atom. The summed E-state index contributed by atoms with van der Waals surface area (Å²) in [4.78, 5) is 33.9. The number of thioether (sulfide) groups is 1. The average molecular weight is 380 g/mol. The van der Waals surface area contributed by atoms with Crippen LogP contribution in [0.1, 0.15) is 36.1 Å². The molecule has 2 N–H and O–H groups in total. The van der Waals surface area contributed by atoms with Gasteiger partial charge in [0.25, 0.3) is 5.56 Å². The molecule has 1 aliphatic carbocycles. The van der Waals surface area contributed by atoms with Gasteiger partial charge in [-0.2, -0.15) is 0 Å². The van der Waals surface area contributed by atoms with Crippen LogP contribution in [-0.4, -0.2) is 40.9 Å². The van der Waals surface area contributed by atoms with Crippen LogP contribution in [0.25, 0.3) is 10.2 Å². The Labute approximate surface area is 153 Å². The summed E-state index contributed by atoms with van der Waals surface area (Å²) in [5.74, 6) is 0.181. The van der Waals surface area contributed by atoms with E-state index in [4.69, 9.17) is 4.74 Å². The maximum Gasteiger partial charge on any atom is 0.260 e. The average Bonchev–Trinajstić information content (AvgIpc) is 3.25. The maximum atomic E-state index is 12.5. The molecule has 0 radical (unpaired) electrons. The maximum absolute atomic E-state index is 12.5. The Morgan fingerprint density at radius 1 is 1.36 bits per heavy atom. The molecule has 2 aromatic rings. The summed E-state index contributed by atoms with van der Waals surface area (Å²) in [7, 11) is 0. The zero-order valence-corrected chi connectivity index (χ0v) is 15.6. The number of fused-ring (bicyclic) bond motifs is 3. The fourth-order valence-corrected chi connectivity index (χ4v) is 5.44. The van der Waals surface area contributed by atoms with E-state index in [0.717, 1.165) is 48.9 Å². The van der Waals surface area contributed by atoms with E-state index in [2.05, 4.69) is 15.3 Å². The molecule has 3 heterocycles. The van der Waals surface area contributed by atoms with Gasteiger partial charge in [-0.3, -0.25) is 9.59 Å². The molecule has 1 fully saturated rings. The molecule has 134 valence electrons. The van der Waals surface area contributed by atoms with Crippen LogP contribution in [0.4, 0.5) is 0 Å². The molecular formula is C17H21N3O3S2. The van der Waals surface area contributed by atoms with Crippen LogP contribution in [0.5, 0.6) is 0 Å². The highest BCUT2D eigenvalue weighted by atomic mass is 32.2. The zero-order chi connectivity index (χ0) is 17.2. The molecule has 0 saturated carbocycles. The van der Waals surface area contributed by atoms with Crippen LogP contribution in [0.2, 0.25) is 0 Å². The largest absolute Gasteiger partial charge is 0.376 e. The van der Waals surface area contributed by atoms with Crippen molar-refractivity contribution in [1.82, 2.24) is 15.3 Å². The van der Waals surface area contributed by atoms with Gasteiger partial charge in [0.05, 0.1) is 17.2 Å². The Bertz CT molecular complexity index is 840. The van der Waals surface area contributed by atoms with Crippen molar-refractivity contribution in [1.29, 1.82) is 0 Å². The van der Waals surface area contributed by atoms with Crippen LogP contribution in [0.15, 0.2) is 9.95 Å². The van der Waals surface area contributed by atoms with Gasteiger partial charge in [-0.25, -0.2) is 4.98 Å². The molecule has 25 heavy (non-hydrogen) atoms. The number of carbonyl (C=O) groups is 1. The fourth-order valence-electron chi connectivity index (χ4n) is 3.43. The fraction of sp³-hybridized carbons (Fsp3) is 0.588. The van der Waals surface area contributed by atoms with E-state index in [1.54, 1.807) is 11.3 Å². The van der Waals surface area contributed by atoms with Crippen molar-refractivity contribution in [2.75, 3.05) is 18.9 Å². The predicted octanol–water partition coefficient (Wildman–Crippen LogP) is 2.25. The highest BCUT2D eigenvalue weighted by molar-refractivity contribution is 7.99. The number of hydrogen-bond donors (Lipinski definition) is 2. The van der Waals surface area contributed by atoms with Gasteiger partial charge in [0, 0.05) is 18.0 Å². The van der Waals surface area contributed by atoms with E-state index in [1.807, 2.05) is 0 Å². The Kier molecular flexibility index (Phi) is 5.10. The normalized spacial score (nSPS) is 19.9. The molecule has 8 heteroatoms. The van der Waals surface area contributed by atoms with E-state index in [1.165, 1.54) is 28.6 Å². The molecule has 0 unspecified atom stereocenters. The molecular weight excluding hydrogens is 358 g/mol. The summed E-state index contributed by atoms with van der Waals surface area (Å²) in [6.45, 7) is 1.34. The molecule has 1 amide bonds. The SMILES string of the molecule is O=C(CSc1nc2sc3c(c2c(=O)[nH]1)CCCC3)NC[C@@H]1CCCO1. The quantitative estimate of drug-likeness (QED) is 0.615. The lowest BCUT2D eigenvalue weighted by Gasteiger charge is -2.10. The Balaban J connectivity index is 1.41. The van der Waals surface area contributed by atoms with Crippen LogP contribution in [0, 0.1) is 0 Å². The monoisotopic (exact) mass is 379 g/mol. The second kappa shape index (κ2) is 7.47. The lowest BCUT2D eigenvalue weighted by atomic mass is 9.97. The van der Waals surface area contributed by atoms with Crippen LogP contribution >= 0.6 is 23.1 Å². The van der Waals surface area contributed by atoms with Gasteiger partial charge in [-0.1, -0.05) is 11.8 Å². The van der Waals surface area contributed by atoms with Crippen LogP contribution in [-0.2, 0) is 22.4 Å². The third kappa shape index (κ3) is 3.75. The molecule has 2 aromatic heterocycles. The van der Waals surface area contributed by atoms with E-state index in [0.29, 0.717) is 11.7 Å². The predicted molar refractivity (Wildman–Crippen MR) is 99.6 cm³/mol. The van der Waals surface area contributed by atoms with E-state index in [-0.39, 0.29) is 23.3 Å². The lowest BCUT2D eigenvalue weighted by Crippen LogP contribution is -2.33. The summed E-state index contributed by atoms with van der Waals surface area (Å²) in [6, 6.07) is 0. The molecule has 2 aliphatic rings. The number of thiophene rings is 1. The third-order valence-corrected chi connectivity index (χ3v) is 6.75. The minimum atomic E-state index is -0.0772. The number of carbonyl (C=O) groups excluding carboxylic acids is 1. The van der Waals surface area contributed by atoms with Gasteiger partial charge in [-0.05, 0) is 44.1 Å². The first-order valence-corrected chi connectivity index (χ1v) is 10.6. The van der Waals surface area contributed by atoms with Crippen molar-refractivity contribution in [3.63, 3.8) is 0 Å². The number of ether oxygens (including phenoxy) is 1. The molecule has 1 saturated heterocycles. The van der Waals surface area contributed by atoms with Crippen LogP contribution < -0.4 is 10.9 Å². The minimum Gasteiger partial charge on any atom is -0.376 e. The minimum absolute atomic E-state index is 0.0614. The van der Waals surface area contributed by atoms with Crippen molar-refractivity contribution >= 4 is 39.2 Å². The number of rotatable bonds is 5. The number of H-pyrrole nitrogens is 1. The van der Waals surface area contributed by atoms with Gasteiger partial charge in [0.15, 0.2) is 5.16 Å². The first-order chi connectivity index (χ1) is 12.2. The number of nitrogens with zero attached hydrogens (tertiary/aromatic N) is 1. The standard InChI is InChI=1S/C17H21N3O3S2/c21-13(18-8-10-4-3-7-23-10)9-24-17-19-15(22)14-11-5-1-2-6-12(11)25-16(14)20-17/h10H,1-9H2,(H,18,21)(H,19,20,22)/t10-/m0/s1. The van der Waals surface area contributed by atoms with Crippen molar-refractivity contribution < 1.29 is 9.53 Å². The molecule has 1 aliphatic heterocycles. The van der Waals surface area contributed by atoms with Gasteiger partial charge in [-0.15, -0.1) is 11.3 Å². The van der Waals surface area contributed by atoms with Gasteiger partial charge < -0.3 is 15.0 Å². The molecule has 4 rings (SSSR count). The first-order valence-electron chi connectivity index (χ1n) is 8.76. The molecule has 1 atom stereocenters. The topological polar surface area (TPSA) is 84.1 Å². The second-order valence-electron chi connectivity index (χ2n) is 6.49. The van der Waals surface area contributed by atoms with Gasteiger partial charge in [0.2, 0.25) is 5.91 Å². The van der Waals surface area contributed by atoms with Crippen LogP contribution in [0.3, 0.4) is 0 Å². The van der Waals surface area contributed by atoms with Crippen molar-refractivity contribution in [2.45, 2.75) is 49.8 Å². The number of hydrogen-bond acceptors (Lipinski definition) is 6. The molecule has 0 aromatic carbocycles.